The summed E-state index contributed by atoms with van der Waals surface area (Å²) >= 11 is 0. The molecule has 7 nitrogen and oxygen atoms in total. The summed E-state index contributed by atoms with van der Waals surface area (Å²) in [5, 5.41) is 19.6. The number of hydrogen-bond donors (Lipinski definition) is 2. The van der Waals surface area contributed by atoms with E-state index in [2.05, 4.69) is 4.98 Å². The first-order chi connectivity index (χ1) is 8.13. The number of rotatable bonds is 3. The van der Waals surface area contributed by atoms with Gasteiger partial charge in [-0.15, -0.1) is 0 Å². The van der Waals surface area contributed by atoms with Crippen LogP contribution in [0.4, 0.5) is 5.69 Å². The number of carbonyl (C=O) groups excluding carboxylic acids is 1. The van der Waals surface area contributed by atoms with Gasteiger partial charge in [0.05, 0.1) is 23.8 Å². The lowest BCUT2D eigenvalue weighted by molar-refractivity contribution is -0.384. The van der Waals surface area contributed by atoms with Gasteiger partial charge in [-0.2, -0.15) is 0 Å². The molecule has 0 spiro atoms. The second-order valence-electron chi connectivity index (χ2n) is 4.01. The number of aromatic amines is 1. The molecule has 1 fully saturated rings. The largest absolute Gasteiger partial charge is 0.394 e. The highest BCUT2D eigenvalue weighted by Gasteiger charge is 2.30. The fourth-order valence-corrected chi connectivity index (χ4v) is 2.06. The van der Waals surface area contributed by atoms with Gasteiger partial charge in [0.25, 0.3) is 11.6 Å². The average molecular weight is 239 g/mol. The molecule has 1 aromatic heterocycles. The van der Waals surface area contributed by atoms with E-state index in [4.69, 9.17) is 5.11 Å². The third-order valence-electron chi connectivity index (χ3n) is 2.96. The normalized spacial score (nSPS) is 19.6. The molecule has 1 saturated heterocycles. The molecule has 17 heavy (non-hydrogen) atoms. The Morgan fingerprint density at radius 1 is 1.71 bits per heavy atom. The van der Waals surface area contributed by atoms with Gasteiger partial charge in [0, 0.05) is 12.6 Å². The van der Waals surface area contributed by atoms with Gasteiger partial charge in [-0.25, -0.2) is 0 Å². The molecule has 0 radical (unpaired) electrons. The number of nitrogens with one attached hydrogen (secondary N) is 1. The number of aliphatic hydroxyl groups excluding tert-OH is 1. The Balaban J connectivity index is 2.16. The molecule has 0 aliphatic carbocycles. The highest BCUT2D eigenvalue weighted by Crippen LogP contribution is 2.21. The zero-order valence-electron chi connectivity index (χ0n) is 9.13. The minimum Gasteiger partial charge on any atom is -0.394 e. The van der Waals surface area contributed by atoms with Crippen molar-refractivity contribution in [2.24, 2.45) is 0 Å². The maximum Gasteiger partial charge on any atom is 0.287 e. The predicted octanol–water partition coefficient (Wildman–Crippen LogP) is 0.520. The molecule has 1 aliphatic rings. The summed E-state index contributed by atoms with van der Waals surface area (Å²) in [4.78, 5) is 26.1. The van der Waals surface area contributed by atoms with Crippen LogP contribution in [-0.4, -0.2) is 45.0 Å². The fourth-order valence-electron chi connectivity index (χ4n) is 2.06. The number of aliphatic hydroxyl groups is 1. The number of amides is 1. The van der Waals surface area contributed by atoms with Crippen LogP contribution in [0.2, 0.25) is 0 Å². The molecule has 0 bridgehead atoms. The summed E-state index contributed by atoms with van der Waals surface area (Å²) in [6, 6.07) is 1.04. The Bertz CT molecular complexity index is 443. The van der Waals surface area contributed by atoms with Gasteiger partial charge in [-0.3, -0.25) is 14.9 Å². The molecule has 7 heteroatoms. The van der Waals surface area contributed by atoms with Crippen molar-refractivity contribution in [3.63, 3.8) is 0 Å². The standard InChI is InChI=1S/C10H13N3O4/c14-6-7-2-1-3-12(7)10(15)9-4-8(5-11-9)13(16)17/h4-5,7,11,14H,1-3,6H2/t7-/m1/s1. The van der Waals surface area contributed by atoms with E-state index in [0.29, 0.717) is 6.54 Å². The van der Waals surface area contributed by atoms with Crippen molar-refractivity contribution < 1.29 is 14.8 Å². The van der Waals surface area contributed by atoms with Crippen LogP contribution in [0, 0.1) is 10.1 Å². The molecule has 2 heterocycles. The molecule has 1 atom stereocenters. The van der Waals surface area contributed by atoms with Crippen molar-refractivity contribution in [2.75, 3.05) is 13.2 Å². The number of H-pyrrole nitrogens is 1. The molecule has 2 rings (SSSR count). The molecule has 0 aromatic carbocycles. The van der Waals surface area contributed by atoms with Crippen molar-refractivity contribution in [3.8, 4) is 0 Å². The highest BCUT2D eigenvalue weighted by atomic mass is 16.6. The lowest BCUT2D eigenvalue weighted by atomic mass is 10.2. The minimum atomic E-state index is -0.555. The van der Waals surface area contributed by atoms with E-state index < -0.39 is 4.92 Å². The highest BCUT2D eigenvalue weighted by molar-refractivity contribution is 5.93. The zero-order valence-corrected chi connectivity index (χ0v) is 9.13. The minimum absolute atomic E-state index is 0.0749. The monoisotopic (exact) mass is 239 g/mol. The van der Waals surface area contributed by atoms with Crippen molar-refractivity contribution in [2.45, 2.75) is 18.9 Å². The second kappa shape index (κ2) is 4.54. The fraction of sp³-hybridized carbons (Fsp3) is 0.500. The van der Waals surface area contributed by atoms with Crippen LogP contribution < -0.4 is 0 Å². The Labute approximate surface area is 97.2 Å². The topological polar surface area (TPSA) is 99.5 Å². The quantitative estimate of drug-likeness (QED) is 0.593. The van der Waals surface area contributed by atoms with Crippen molar-refractivity contribution >= 4 is 11.6 Å². The van der Waals surface area contributed by atoms with Crippen LogP contribution in [0.5, 0.6) is 0 Å². The van der Waals surface area contributed by atoms with Crippen molar-refractivity contribution in [1.29, 1.82) is 0 Å². The molecule has 1 aliphatic heterocycles. The van der Waals surface area contributed by atoms with E-state index in [0.717, 1.165) is 12.8 Å². The van der Waals surface area contributed by atoms with Gasteiger partial charge in [0.2, 0.25) is 0 Å². The molecular formula is C10H13N3O4. The first-order valence-electron chi connectivity index (χ1n) is 5.38. The second-order valence-corrected chi connectivity index (χ2v) is 4.01. The first-order valence-corrected chi connectivity index (χ1v) is 5.38. The molecular weight excluding hydrogens is 226 g/mol. The van der Waals surface area contributed by atoms with Gasteiger partial charge in [0.1, 0.15) is 5.69 Å². The van der Waals surface area contributed by atoms with Crippen LogP contribution in [0.25, 0.3) is 0 Å². The van der Waals surface area contributed by atoms with Crippen LogP contribution in [-0.2, 0) is 0 Å². The van der Waals surface area contributed by atoms with E-state index in [1.807, 2.05) is 0 Å². The van der Waals surface area contributed by atoms with Crippen molar-refractivity contribution in [3.05, 3.63) is 28.1 Å². The van der Waals surface area contributed by atoms with E-state index >= 15 is 0 Å². The zero-order chi connectivity index (χ0) is 12.4. The van der Waals surface area contributed by atoms with Crippen LogP contribution >= 0.6 is 0 Å². The molecule has 0 saturated carbocycles. The van der Waals surface area contributed by atoms with Gasteiger partial charge in [-0.1, -0.05) is 0 Å². The summed E-state index contributed by atoms with van der Waals surface area (Å²) in [5.41, 5.74) is 0.0603. The maximum atomic E-state index is 12.0. The molecule has 1 amide bonds. The van der Waals surface area contributed by atoms with Crippen LogP contribution in [0.15, 0.2) is 12.3 Å². The summed E-state index contributed by atoms with van der Waals surface area (Å²) in [7, 11) is 0. The van der Waals surface area contributed by atoms with E-state index in [9.17, 15) is 14.9 Å². The molecule has 2 N–H and O–H groups in total. The van der Waals surface area contributed by atoms with E-state index in [1.165, 1.54) is 12.3 Å². The third-order valence-corrected chi connectivity index (χ3v) is 2.96. The molecule has 1 aromatic rings. The number of nitro groups is 1. The number of hydrogen-bond acceptors (Lipinski definition) is 4. The first kappa shape index (κ1) is 11.6. The van der Waals surface area contributed by atoms with Gasteiger partial charge in [0.15, 0.2) is 0 Å². The summed E-state index contributed by atoms with van der Waals surface area (Å²) in [5.74, 6) is -0.297. The number of nitrogens with zero attached hydrogens (tertiary/aromatic N) is 2. The smallest absolute Gasteiger partial charge is 0.287 e. The average Bonchev–Trinajstić information content (AvgIpc) is 2.96. The third kappa shape index (κ3) is 2.14. The number of carbonyl (C=O) groups is 1. The Morgan fingerprint density at radius 2 is 2.47 bits per heavy atom. The van der Waals surface area contributed by atoms with Gasteiger partial charge in [-0.05, 0) is 12.8 Å². The van der Waals surface area contributed by atoms with Crippen molar-refractivity contribution in [1.82, 2.24) is 9.88 Å². The van der Waals surface area contributed by atoms with Gasteiger partial charge < -0.3 is 15.0 Å². The lowest BCUT2D eigenvalue weighted by Gasteiger charge is -2.22. The number of aromatic nitrogens is 1. The summed E-state index contributed by atoms with van der Waals surface area (Å²) in [6.07, 6.45) is 2.81. The van der Waals surface area contributed by atoms with E-state index in [1.54, 1.807) is 4.90 Å². The summed E-state index contributed by atoms with van der Waals surface area (Å²) in [6.45, 7) is 0.505. The van der Waals surface area contributed by atoms with E-state index in [-0.39, 0.29) is 29.9 Å². The number of likely N-dealkylation sites (tertiary alicyclic amines) is 1. The van der Waals surface area contributed by atoms with Crippen LogP contribution in [0.1, 0.15) is 23.3 Å². The van der Waals surface area contributed by atoms with Gasteiger partial charge >= 0.3 is 0 Å². The molecule has 92 valence electrons. The Hall–Kier alpha value is -1.89. The van der Waals surface area contributed by atoms with Crippen LogP contribution in [0.3, 0.4) is 0 Å². The predicted molar refractivity (Wildman–Crippen MR) is 58.6 cm³/mol. The Morgan fingerprint density at radius 3 is 3.06 bits per heavy atom. The summed E-state index contributed by atoms with van der Waals surface area (Å²) < 4.78 is 0. The SMILES string of the molecule is O=C(c1cc([N+](=O)[O-])c[nH]1)N1CCC[C@@H]1CO. The Kier molecular flexibility index (Phi) is 3.10. The molecule has 0 unspecified atom stereocenters. The maximum absolute atomic E-state index is 12.0. The lowest BCUT2D eigenvalue weighted by Crippen LogP contribution is -2.37.